The van der Waals surface area contributed by atoms with E-state index in [1.165, 1.54) is 16.4 Å². The van der Waals surface area contributed by atoms with Gasteiger partial charge in [-0.3, -0.25) is 14.5 Å². The Balaban J connectivity index is 1.86. The molecule has 9 heteroatoms. The number of carbonyl (C=O) groups is 2. The molecule has 1 aliphatic heterocycles. The van der Waals surface area contributed by atoms with E-state index in [0.29, 0.717) is 36.4 Å². The number of nitrogens with two attached hydrogens (primary N) is 1. The van der Waals surface area contributed by atoms with Gasteiger partial charge in [0.15, 0.2) is 0 Å². The Labute approximate surface area is 195 Å². The molecule has 1 aliphatic rings. The van der Waals surface area contributed by atoms with Crippen LogP contribution in [0.15, 0.2) is 47.4 Å². The van der Waals surface area contributed by atoms with Crippen LogP contribution in [0.1, 0.15) is 48.2 Å². The Hall–Kier alpha value is -2.75. The zero-order chi connectivity index (χ0) is 24.2. The van der Waals surface area contributed by atoms with E-state index in [9.17, 15) is 18.0 Å². The first-order valence-corrected chi connectivity index (χ1v) is 12.7. The molecular formula is C24H32N4O4S. The number of primary amides is 1. The highest BCUT2D eigenvalue weighted by molar-refractivity contribution is 7.89. The van der Waals surface area contributed by atoms with Crippen molar-refractivity contribution in [3.63, 3.8) is 0 Å². The van der Waals surface area contributed by atoms with Gasteiger partial charge in [0.2, 0.25) is 15.9 Å². The minimum Gasteiger partial charge on any atom is -0.368 e. The number of nitrogens with one attached hydrogen (secondary N) is 1. The number of anilines is 1. The molecule has 0 radical (unpaired) electrons. The van der Waals surface area contributed by atoms with Crippen molar-refractivity contribution in [2.24, 2.45) is 5.73 Å². The fourth-order valence-electron chi connectivity index (χ4n) is 4.24. The molecule has 0 saturated carbocycles. The van der Waals surface area contributed by atoms with E-state index in [1.54, 1.807) is 32.9 Å². The zero-order valence-corrected chi connectivity index (χ0v) is 20.2. The predicted molar refractivity (Wildman–Crippen MR) is 128 cm³/mol. The number of aryl methyl sites for hydroxylation is 1. The van der Waals surface area contributed by atoms with E-state index in [-0.39, 0.29) is 22.8 Å². The lowest BCUT2D eigenvalue weighted by Gasteiger charge is -2.23. The number of benzene rings is 2. The third kappa shape index (κ3) is 5.43. The summed E-state index contributed by atoms with van der Waals surface area (Å²) in [5.41, 5.74) is 8.00. The molecule has 1 unspecified atom stereocenters. The molecule has 178 valence electrons. The molecule has 33 heavy (non-hydrogen) atoms. The maximum atomic E-state index is 13.2. The van der Waals surface area contributed by atoms with Crippen LogP contribution in [0, 0.1) is 6.92 Å². The molecule has 8 nitrogen and oxygen atoms in total. The van der Waals surface area contributed by atoms with E-state index in [2.05, 4.69) is 5.32 Å². The van der Waals surface area contributed by atoms with Crippen molar-refractivity contribution in [3.05, 3.63) is 59.2 Å². The van der Waals surface area contributed by atoms with Gasteiger partial charge in [0.05, 0.1) is 10.9 Å². The molecule has 0 aromatic heterocycles. The van der Waals surface area contributed by atoms with Crippen molar-refractivity contribution in [1.82, 2.24) is 9.21 Å². The second kappa shape index (κ2) is 10.5. The number of hydrogen-bond donors (Lipinski definition) is 2. The number of rotatable bonds is 9. The molecule has 1 atom stereocenters. The summed E-state index contributed by atoms with van der Waals surface area (Å²) in [6.07, 6.45) is 1.63. The number of amides is 2. The minimum absolute atomic E-state index is 0.0941. The number of sulfonamides is 1. The molecule has 2 aromatic rings. The second-order valence-electron chi connectivity index (χ2n) is 8.21. The Kier molecular flexibility index (Phi) is 7.88. The van der Waals surface area contributed by atoms with E-state index in [1.807, 2.05) is 23.1 Å². The molecule has 3 N–H and O–H groups in total. The van der Waals surface area contributed by atoms with Crippen molar-refractivity contribution in [3.8, 4) is 0 Å². The Bertz CT molecular complexity index is 1130. The van der Waals surface area contributed by atoms with Gasteiger partial charge in [0, 0.05) is 30.9 Å². The Morgan fingerprint density at radius 2 is 1.85 bits per heavy atom. The highest BCUT2D eigenvalue weighted by Gasteiger charge is 2.29. The van der Waals surface area contributed by atoms with Crippen LogP contribution in [-0.2, 0) is 21.4 Å². The monoisotopic (exact) mass is 472 g/mol. The van der Waals surface area contributed by atoms with Crippen molar-refractivity contribution in [2.45, 2.75) is 51.1 Å². The van der Waals surface area contributed by atoms with Gasteiger partial charge < -0.3 is 11.1 Å². The summed E-state index contributed by atoms with van der Waals surface area (Å²) in [6, 6.07) is 11.7. The van der Waals surface area contributed by atoms with Crippen LogP contribution in [0.4, 0.5) is 5.69 Å². The lowest BCUT2D eigenvalue weighted by atomic mass is 10.1. The van der Waals surface area contributed by atoms with Crippen molar-refractivity contribution in [1.29, 1.82) is 0 Å². The summed E-state index contributed by atoms with van der Waals surface area (Å²) in [4.78, 5) is 27.0. The predicted octanol–water partition coefficient (Wildman–Crippen LogP) is 2.73. The van der Waals surface area contributed by atoms with Gasteiger partial charge in [-0.25, -0.2) is 8.42 Å². The van der Waals surface area contributed by atoms with Crippen molar-refractivity contribution >= 4 is 27.5 Å². The minimum atomic E-state index is -3.68. The Morgan fingerprint density at radius 1 is 1.15 bits per heavy atom. The molecule has 0 aliphatic carbocycles. The number of nitrogens with zero attached hydrogens (tertiary/aromatic N) is 2. The lowest BCUT2D eigenvalue weighted by molar-refractivity contribution is -0.122. The van der Waals surface area contributed by atoms with E-state index < -0.39 is 10.0 Å². The second-order valence-corrected chi connectivity index (χ2v) is 10.1. The van der Waals surface area contributed by atoms with Gasteiger partial charge in [0.1, 0.15) is 0 Å². The third-order valence-electron chi connectivity index (χ3n) is 6.13. The van der Waals surface area contributed by atoms with Gasteiger partial charge in [-0.15, -0.1) is 0 Å². The first-order chi connectivity index (χ1) is 15.7. The highest BCUT2D eigenvalue weighted by Crippen LogP contribution is 2.25. The summed E-state index contributed by atoms with van der Waals surface area (Å²) in [5, 5.41) is 2.93. The summed E-state index contributed by atoms with van der Waals surface area (Å²) >= 11 is 0. The Morgan fingerprint density at radius 3 is 2.52 bits per heavy atom. The average molecular weight is 473 g/mol. The standard InChI is InChI=1S/C24H32N4O4S/c1-4-28(5-2)33(31,32)19-13-12-17(3)20(15-19)24(30)26-21-10-7-6-9-18(21)16-27-14-8-11-22(27)23(25)29/h6-7,9-10,12-13,15,22H,4-5,8,11,14,16H2,1-3H3,(H2,25,29)(H,26,30). The van der Waals surface area contributed by atoms with Gasteiger partial charge in [-0.05, 0) is 55.6 Å². The first-order valence-electron chi connectivity index (χ1n) is 11.2. The highest BCUT2D eigenvalue weighted by atomic mass is 32.2. The quantitative estimate of drug-likeness (QED) is 0.583. The number of carbonyl (C=O) groups excluding carboxylic acids is 2. The fraction of sp³-hybridized carbons (Fsp3) is 0.417. The summed E-state index contributed by atoms with van der Waals surface area (Å²) in [5.74, 6) is -0.722. The molecule has 1 saturated heterocycles. The van der Waals surface area contributed by atoms with Crippen molar-refractivity contribution in [2.75, 3.05) is 25.0 Å². The van der Waals surface area contributed by atoms with E-state index >= 15 is 0 Å². The molecule has 1 fully saturated rings. The van der Waals surface area contributed by atoms with Crippen LogP contribution >= 0.6 is 0 Å². The van der Waals surface area contributed by atoms with Crippen LogP contribution in [0.3, 0.4) is 0 Å². The third-order valence-corrected chi connectivity index (χ3v) is 8.17. The molecule has 1 heterocycles. The maximum Gasteiger partial charge on any atom is 0.255 e. The number of likely N-dealkylation sites (tertiary alicyclic amines) is 1. The molecule has 0 bridgehead atoms. The van der Waals surface area contributed by atoms with Gasteiger partial charge in [-0.1, -0.05) is 38.1 Å². The molecule has 2 amide bonds. The van der Waals surface area contributed by atoms with E-state index in [4.69, 9.17) is 5.73 Å². The zero-order valence-electron chi connectivity index (χ0n) is 19.4. The summed E-state index contributed by atoms with van der Waals surface area (Å²) in [7, 11) is -3.68. The maximum absolute atomic E-state index is 13.2. The molecular weight excluding hydrogens is 440 g/mol. The fourth-order valence-corrected chi connectivity index (χ4v) is 5.73. The van der Waals surface area contributed by atoms with Gasteiger partial charge >= 0.3 is 0 Å². The normalized spacial score (nSPS) is 16.8. The van der Waals surface area contributed by atoms with Crippen molar-refractivity contribution < 1.29 is 18.0 Å². The average Bonchev–Trinajstić information content (AvgIpc) is 3.24. The first kappa shape index (κ1) is 24.9. The molecule has 0 spiro atoms. The smallest absolute Gasteiger partial charge is 0.255 e. The topological polar surface area (TPSA) is 113 Å². The van der Waals surface area contributed by atoms with Crippen LogP contribution in [0.25, 0.3) is 0 Å². The largest absolute Gasteiger partial charge is 0.368 e. The van der Waals surface area contributed by atoms with Crippen LogP contribution in [-0.4, -0.2) is 55.1 Å². The summed E-state index contributed by atoms with van der Waals surface area (Å²) < 4.78 is 27.2. The van der Waals surface area contributed by atoms with Crippen LogP contribution in [0.5, 0.6) is 0 Å². The lowest BCUT2D eigenvalue weighted by Crippen LogP contribution is -2.39. The number of para-hydroxylation sites is 1. The molecule has 3 rings (SSSR count). The van der Waals surface area contributed by atoms with E-state index in [0.717, 1.165) is 24.9 Å². The van der Waals surface area contributed by atoms with Crippen LogP contribution in [0.2, 0.25) is 0 Å². The summed E-state index contributed by atoms with van der Waals surface area (Å²) in [6.45, 7) is 7.29. The van der Waals surface area contributed by atoms with Crippen LogP contribution < -0.4 is 11.1 Å². The van der Waals surface area contributed by atoms with Gasteiger partial charge in [-0.2, -0.15) is 4.31 Å². The number of hydrogen-bond acceptors (Lipinski definition) is 5. The molecule has 2 aromatic carbocycles. The SMILES string of the molecule is CCN(CC)S(=O)(=O)c1ccc(C)c(C(=O)Nc2ccccc2CN2CCCC2C(N)=O)c1. The van der Waals surface area contributed by atoms with Gasteiger partial charge in [0.25, 0.3) is 5.91 Å².